The number of allylic oxidation sites excluding steroid dienone is 1. The lowest BCUT2D eigenvalue weighted by Crippen LogP contribution is -2.40. The van der Waals surface area contributed by atoms with Crippen LogP contribution in [-0.4, -0.2) is 42.3 Å². The van der Waals surface area contributed by atoms with Crippen LogP contribution in [0.4, 0.5) is 4.39 Å². The second-order valence-electron chi connectivity index (χ2n) is 10.6. The predicted octanol–water partition coefficient (Wildman–Crippen LogP) is 9.08. The van der Waals surface area contributed by atoms with Crippen molar-refractivity contribution in [1.82, 2.24) is 4.90 Å². The van der Waals surface area contributed by atoms with Crippen LogP contribution in [0.3, 0.4) is 0 Å². The van der Waals surface area contributed by atoms with Gasteiger partial charge in [-0.25, -0.2) is 4.79 Å². The highest BCUT2D eigenvalue weighted by Crippen LogP contribution is 2.43. The summed E-state index contributed by atoms with van der Waals surface area (Å²) in [5.41, 5.74) is 11.6. The van der Waals surface area contributed by atoms with Gasteiger partial charge >= 0.3 is 5.97 Å². The summed E-state index contributed by atoms with van der Waals surface area (Å²) in [6.07, 6.45) is 5.35. The third kappa shape index (κ3) is 6.31. The van der Waals surface area contributed by atoms with Crippen molar-refractivity contribution in [2.45, 2.75) is 39.5 Å². The number of alkyl halides is 1. The standard InChI is InChI=1S/C33H32Cl2FNO2.ClH/c1-20-13-25(14-21(2)30(20)15-22-18-37(19-22)12-4-11-36)32-27-9-7-24(33(38)39)16-23(27)5-3-6-29(32)28-10-8-26(34)17-31(28)35;/h7-10,13-17H,3-6,11-12,18-19H2,1-2H3,(H,38,39);1H. The molecule has 1 fully saturated rings. The average Bonchev–Trinajstić information content (AvgIpc) is 3.05. The first-order valence-corrected chi connectivity index (χ1v) is 14.1. The molecule has 7 heteroatoms. The Morgan fingerprint density at radius 3 is 2.35 bits per heavy atom. The number of fused-ring (bicyclic) bond motifs is 1. The van der Waals surface area contributed by atoms with E-state index in [1.165, 1.54) is 22.3 Å². The third-order valence-electron chi connectivity index (χ3n) is 7.74. The van der Waals surface area contributed by atoms with E-state index in [9.17, 15) is 14.3 Å². The molecule has 0 radical (unpaired) electrons. The van der Waals surface area contributed by atoms with E-state index in [1.54, 1.807) is 12.1 Å². The number of benzene rings is 3. The normalized spacial score (nSPS) is 15.2. The minimum Gasteiger partial charge on any atom is -0.478 e. The monoisotopic (exact) mass is 599 g/mol. The van der Waals surface area contributed by atoms with Gasteiger partial charge in [0, 0.05) is 29.7 Å². The van der Waals surface area contributed by atoms with E-state index in [0.29, 0.717) is 22.0 Å². The van der Waals surface area contributed by atoms with Gasteiger partial charge < -0.3 is 5.11 Å². The van der Waals surface area contributed by atoms with Gasteiger partial charge in [0.15, 0.2) is 0 Å². The van der Waals surface area contributed by atoms with E-state index in [2.05, 4.69) is 37.0 Å². The summed E-state index contributed by atoms with van der Waals surface area (Å²) in [5.74, 6) is -0.920. The highest BCUT2D eigenvalue weighted by molar-refractivity contribution is 6.36. The first-order chi connectivity index (χ1) is 18.7. The first kappa shape index (κ1) is 30.3. The van der Waals surface area contributed by atoms with Crippen LogP contribution in [0.25, 0.3) is 17.2 Å². The summed E-state index contributed by atoms with van der Waals surface area (Å²) in [6.45, 7) is 6.60. The van der Waals surface area contributed by atoms with Crippen LogP contribution >= 0.6 is 35.6 Å². The molecule has 0 amide bonds. The molecule has 0 unspecified atom stereocenters. The maximum atomic E-state index is 12.5. The van der Waals surface area contributed by atoms with Crippen LogP contribution in [0.5, 0.6) is 0 Å². The SMILES string of the molecule is Cc1cc(C2=C(c3ccc(Cl)cc3Cl)CCCc3cc(C(=O)O)ccc32)cc(C)c1C=C1CN(CCCF)C1.Cl. The van der Waals surface area contributed by atoms with E-state index >= 15 is 0 Å². The topological polar surface area (TPSA) is 40.5 Å². The highest BCUT2D eigenvalue weighted by Gasteiger charge is 2.24. The molecule has 3 aromatic carbocycles. The molecule has 40 heavy (non-hydrogen) atoms. The zero-order valence-electron chi connectivity index (χ0n) is 22.7. The van der Waals surface area contributed by atoms with Crippen LogP contribution in [0.15, 0.2) is 54.1 Å². The Labute approximate surface area is 251 Å². The molecule has 5 rings (SSSR count). The predicted molar refractivity (Wildman–Crippen MR) is 167 cm³/mol. The summed E-state index contributed by atoms with van der Waals surface area (Å²) < 4.78 is 12.5. The maximum absolute atomic E-state index is 12.5. The van der Waals surface area contributed by atoms with Crippen molar-refractivity contribution >= 4 is 58.8 Å². The number of hydrogen-bond donors (Lipinski definition) is 1. The minimum absolute atomic E-state index is 0. The lowest BCUT2D eigenvalue weighted by molar-refractivity contribution is 0.0696. The van der Waals surface area contributed by atoms with E-state index in [4.69, 9.17) is 23.2 Å². The Morgan fingerprint density at radius 2 is 1.70 bits per heavy atom. The molecule has 1 aliphatic heterocycles. The van der Waals surface area contributed by atoms with Crippen molar-refractivity contribution in [3.05, 3.63) is 109 Å². The number of halogens is 4. The van der Waals surface area contributed by atoms with Crippen molar-refractivity contribution in [2.75, 3.05) is 26.3 Å². The molecule has 0 atom stereocenters. The lowest BCUT2D eigenvalue weighted by atomic mass is 9.85. The van der Waals surface area contributed by atoms with Crippen LogP contribution in [-0.2, 0) is 6.42 Å². The molecular formula is C33H33Cl3FNO2. The van der Waals surface area contributed by atoms with Gasteiger partial charge in [0.1, 0.15) is 0 Å². The minimum atomic E-state index is -0.920. The largest absolute Gasteiger partial charge is 0.478 e. The van der Waals surface area contributed by atoms with E-state index in [0.717, 1.165) is 72.3 Å². The Kier molecular flexibility index (Phi) is 9.79. The second kappa shape index (κ2) is 12.9. The number of rotatable bonds is 7. The number of likely N-dealkylation sites (tertiary alicyclic amines) is 1. The number of aryl methyl sites for hydroxylation is 3. The second-order valence-corrected chi connectivity index (χ2v) is 11.4. The Hall–Kier alpha value is -2.63. The van der Waals surface area contributed by atoms with E-state index in [1.807, 2.05) is 24.3 Å². The fourth-order valence-electron chi connectivity index (χ4n) is 5.87. The molecule has 0 aromatic heterocycles. The quantitative estimate of drug-likeness (QED) is 0.294. The van der Waals surface area contributed by atoms with Gasteiger partial charge in [-0.1, -0.05) is 53.5 Å². The molecule has 0 spiro atoms. The Balaban J connectivity index is 0.00000370. The van der Waals surface area contributed by atoms with Crippen molar-refractivity contribution in [3.63, 3.8) is 0 Å². The van der Waals surface area contributed by atoms with Gasteiger partial charge in [-0.05, 0) is 119 Å². The number of carbonyl (C=O) groups is 1. The molecule has 0 saturated carbocycles. The van der Waals surface area contributed by atoms with Crippen LogP contribution < -0.4 is 0 Å². The number of carboxylic acids is 1. The molecule has 210 valence electrons. The fourth-order valence-corrected chi connectivity index (χ4v) is 6.39. The molecular weight excluding hydrogens is 568 g/mol. The summed E-state index contributed by atoms with van der Waals surface area (Å²) in [5, 5.41) is 10.8. The van der Waals surface area contributed by atoms with Crippen molar-refractivity contribution < 1.29 is 14.3 Å². The lowest BCUT2D eigenvalue weighted by Gasteiger charge is -2.34. The number of nitrogens with zero attached hydrogens (tertiary/aromatic N) is 1. The summed E-state index contributed by atoms with van der Waals surface area (Å²) >= 11 is 13.0. The molecule has 0 bridgehead atoms. The van der Waals surface area contributed by atoms with Gasteiger partial charge in [-0.3, -0.25) is 9.29 Å². The maximum Gasteiger partial charge on any atom is 0.335 e. The number of carboxylic acid groups (broad SMARTS) is 1. The van der Waals surface area contributed by atoms with Gasteiger partial charge in [0.05, 0.1) is 12.2 Å². The average molecular weight is 601 g/mol. The highest BCUT2D eigenvalue weighted by atomic mass is 35.5. The van der Waals surface area contributed by atoms with Gasteiger partial charge in [-0.15, -0.1) is 12.4 Å². The number of hydrogen-bond acceptors (Lipinski definition) is 2. The molecule has 2 aliphatic rings. The molecule has 1 heterocycles. The first-order valence-electron chi connectivity index (χ1n) is 13.4. The number of aromatic carboxylic acids is 1. The zero-order chi connectivity index (χ0) is 27.7. The third-order valence-corrected chi connectivity index (χ3v) is 8.29. The van der Waals surface area contributed by atoms with E-state index < -0.39 is 5.97 Å². The van der Waals surface area contributed by atoms with Crippen LogP contribution in [0, 0.1) is 13.8 Å². The zero-order valence-corrected chi connectivity index (χ0v) is 25.0. The summed E-state index contributed by atoms with van der Waals surface area (Å²) in [4.78, 5) is 14.0. The Morgan fingerprint density at radius 1 is 1.00 bits per heavy atom. The smallest absolute Gasteiger partial charge is 0.335 e. The summed E-state index contributed by atoms with van der Waals surface area (Å²) in [7, 11) is 0. The molecule has 1 N–H and O–H groups in total. The van der Waals surface area contributed by atoms with Gasteiger partial charge in [0.25, 0.3) is 0 Å². The fraction of sp³-hybridized carbons (Fsp3) is 0.303. The molecule has 1 aliphatic carbocycles. The van der Waals surface area contributed by atoms with Crippen molar-refractivity contribution in [2.24, 2.45) is 0 Å². The molecule has 3 aromatic rings. The summed E-state index contributed by atoms with van der Waals surface area (Å²) in [6, 6.07) is 15.6. The van der Waals surface area contributed by atoms with Crippen LogP contribution in [0.1, 0.15) is 68.6 Å². The molecule has 3 nitrogen and oxygen atoms in total. The molecule has 1 saturated heterocycles. The van der Waals surface area contributed by atoms with Crippen molar-refractivity contribution in [3.8, 4) is 0 Å². The van der Waals surface area contributed by atoms with Crippen LogP contribution in [0.2, 0.25) is 10.0 Å². The van der Waals surface area contributed by atoms with Gasteiger partial charge in [-0.2, -0.15) is 0 Å². The van der Waals surface area contributed by atoms with Gasteiger partial charge in [0.2, 0.25) is 0 Å². The van der Waals surface area contributed by atoms with Crippen molar-refractivity contribution in [1.29, 1.82) is 0 Å². The van der Waals surface area contributed by atoms with E-state index in [-0.39, 0.29) is 19.1 Å². The Bertz CT molecular complexity index is 1480.